The second-order valence-corrected chi connectivity index (χ2v) is 8.75. The van der Waals surface area contributed by atoms with Crippen molar-refractivity contribution < 1.29 is 23.0 Å². The van der Waals surface area contributed by atoms with Crippen molar-refractivity contribution in [3.63, 3.8) is 0 Å². The van der Waals surface area contributed by atoms with Crippen molar-refractivity contribution in [2.24, 2.45) is 0 Å². The van der Waals surface area contributed by atoms with Crippen LogP contribution in [0.1, 0.15) is 11.1 Å². The summed E-state index contributed by atoms with van der Waals surface area (Å²) < 4.78 is 39.6. The Morgan fingerprint density at radius 2 is 1.26 bits per heavy atom. The van der Waals surface area contributed by atoms with E-state index in [4.69, 9.17) is 0 Å². The minimum absolute atomic E-state index is 0.00491. The molecule has 7 heteroatoms. The van der Waals surface area contributed by atoms with E-state index < -0.39 is 27.4 Å². The summed E-state index contributed by atoms with van der Waals surface area (Å²) in [6.45, 7) is 0. The Morgan fingerprint density at radius 3 is 1.81 bits per heavy atom. The van der Waals surface area contributed by atoms with Crippen LogP contribution in [0.25, 0.3) is 0 Å². The summed E-state index contributed by atoms with van der Waals surface area (Å²) >= 11 is 0. The van der Waals surface area contributed by atoms with Crippen LogP contribution < -0.4 is 0 Å². The van der Waals surface area contributed by atoms with Crippen molar-refractivity contribution in [3.05, 3.63) is 83.7 Å². The van der Waals surface area contributed by atoms with Gasteiger partial charge in [0, 0.05) is 15.4 Å². The number of hydrogen-bond donors (Lipinski definition) is 2. The first-order valence-electron chi connectivity index (χ1n) is 8.05. The lowest BCUT2D eigenvalue weighted by Crippen LogP contribution is -2.06. The second-order valence-electron chi connectivity index (χ2n) is 5.85. The lowest BCUT2D eigenvalue weighted by molar-refractivity contribution is 0.473. The lowest BCUT2D eigenvalue weighted by Gasteiger charge is -2.11. The number of phenols is 2. The van der Waals surface area contributed by atoms with Gasteiger partial charge in [0.2, 0.25) is 0 Å². The third-order valence-corrected chi connectivity index (χ3v) is 6.62. The van der Waals surface area contributed by atoms with Gasteiger partial charge in [0.15, 0.2) is 0 Å². The molecule has 2 N–H and O–H groups in total. The summed E-state index contributed by atoms with van der Waals surface area (Å²) in [5.74, 6) is -0.588. The molecule has 0 saturated carbocycles. The molecular formula is C20H17FO4S2. The van der Waals surface area contributed by atoms with Crippen LogP contribution in [0.4, 0.5) is 4.39 Å². The van der Waals surface area contributed by atoms with E-state index in [-0.39, 0.29) is 28.6 Å². The van der Waals surface area contributed by atoms with Crippen LogP contribution in [-0.2, 0) is 33.1 Å². The van der Waals surface area contributed by atoms with E-state index in [2.05, 4.69) is 0 Å². The van der Waals surface area contributed by atoms with Crippen LogP contribution in [0.15, 0.2) is 76.5 Å². The molecule has 2 atom stereocenters. The predicted octanol–water partition coefficient (Wildman–Crippen LogP) is 3.85. The molecule has 0 saturated heterocycles. The third-order valence-electron chi connectivity index (χ3n) is 3.94. The van der Waals surface area contributed by atoms with Crippen LogP contribution in [0.5, 0.6) is 11.5 Å². The van der Waals surface area contributed by atoms with Crippen LogP contribution >= 0.6 is 0 Å². The van der Waals surface area contributed by atoms with Crippen LogP contribution in [-0.4, -0.2) is 18.6 Å². The van der Waals surface area contributed by atoms with Crippen LogP contribution in [0.3, 0.4) is 0 Å². The topological polar surface area (TPSA) is 74.6 Å². The molecule has 4 nitrogen and oxygen atoms in total. The van der Waals surface area contributed by atoms with Crippen molar-refractivity contribution in [3.8, 4) is 11.5 Å². The summed E-state index contributed by atoms with van der Waals surface area (Å²) in [6, 6.07) is 16.6. The first-order valence-corrected chi connectivity index (χ1v) is 10.7. The average Bonchev–Trinajstić information content (AvgIpc) is 2.64. The van der Waals surface area contributed by atoms with Crippen molar-refractivity contribution in [1.29, 1.82) is 0 Å². The highest BCUT2D eigenvalue weighted by Gasteiger charge is 2.16. The number of rotatable bonds is 6. The van der Waals surface area contributed by atoms with Gasteiger partial charge in [-0.2, -0.15) is 0 Å². The molecule has 3 aromatic rings. The van der Waals surface area contributed by atoms with Crippen molar-refractivity contribution in [2.75, 3.05) is 0 Å². The Balaban J connectivity index is 1.86. The van der Waals surface area contributed by atoms with Gasteiger partial charge in [-0.25, -0.2) is 4.39 Å². The number of aromatic hydroxyl groups is 2. The Morgan fingerprint density at radius 1 is 0.741 bits per heavy atom. The Kier molecular flexibility index (Phi) is 6.03. The quantitative estimate of drug-likeness (QED) is 0.654. The average molecular weight is 404 g/mol. The molecule has 0 radical (unpaired) electrons. The number of hydrogen-bond acceptors (Lipinski definition) is 4. The van der Waals surface area contributed by atoms with E-state index in [1.54, 1.807) is 30.3 Å². The Bertz CT molecular complexity index is 1020. The number of phenolic OH excluding ortho intramolecular Hbond substituents is 2. The molecule has 0 fully saturated rings. The highest BCUT2D eigenvalue weighted by Crippen LogP contribution is 2.24. The third kappa shape index (κ3) is 4.81. The van der Waals surface area contributed by atoms with Gasteiger partial charge < -0.3 is 10.2 Å². The fraction of sp³-hybridized carbons (Fsp3) is 0.100. The molecule has 3 aromatic carbocycles. The van der Waals surface area contributed by atoms with E-state index in [9.17, 15) is 23.0 Å². The number of halogens is 1. The van der Waals surface area contributed by atoms with Crippen molar-refractivity contribution in [2.45, 2.75) is 21.3 Å². The zero-order valence-electron chi connectivity index (χ0n) is 14.2. The first-order chi connectivity index (χ1) is 12.9. The summed E-state index contributed by atoms with van der Waals surface area (Å²) in [5, 5.41) is 19.1. The fourth-order valence-electron chi connectivity index (χ4n) is 2.59. The van der Waals surface area contributed by atoms with Gasteiger partial charge in [0.1, 0.15) is 17.3 Å². The maximum Gasteiger partial charge on any atom is 0.127 e. The van der Waals surface area contributed by atoms with Gasteiger partial charge in [-0.05, 0) is 48.0 Å². The molecule has 0 aliphatic rings. The standard InChI is InChI=1S/C20H17FO4S2/c21-20-9-1-4-14(12-26(24)17-7-2-5-15(22)10-17)19(20)13-27(25)18-8-3-6-16(23)11-18/h1-11,22-23H,12-13H2. The minimum atomic E-state index is -1.57. The van der Waals surface area contributed by atoms with E-state index in [0.717, 1.165) is 0 Å². The van der Waals surface area contributed by atoms with Gasteiger partial charge >= 0.3 is 0 Å². The predicted molar refractivity (Wildman–Crippen MR) is 103 cm³/mol. The molecule has 27 heavy (non-hydrogen) atoms. The van der Waals surface area contributed by atoms with E-state index in [1.807, 2.05) is 0 Å². The molecule has 0 aromatic heterocycles. The van der Waals surface area contributed by atoms with Crippen molar-refractivity contribution in [1.82, 2.24) is 0 Å². The van der Waals surface area contributed by atoms with Crippen molar-refractivity contribution >= 4 is 21.6 Å². The maximum atomic E-state index is 14.4. The molecule has 0 heterocycles. The molecule has 0 bridgehead atoms. The Labute approximate surface area is 161 Å². The van der Waals surface area contributed by atoms with Gasteiger partial charge in [0.25, 0.3) is 0 Å². The van der Waals surface area contributed by atoms with Gasteiger partial charge in [-0.3, -0.25) is 8.42 Å². The normalized spacial score (nSPS) is 13.2. The largest absolute Gasteiger partial charge is 0.508 e. The Hall–Kier alpha value is -2.51. The van der Waals surface area contributed by atoms with E-state index >= 15 is 0 Å². The minimum Gasteiger partial charge on any atom is -0.508 e. The second kappa shape index (κ2) is 8.45. The fourth-order valence-corrected chi connectivity index (χ4v) is 5.03. The summed E-state index contributed by atoms with van der Waals surface area (Å²) in [6.07, 6.45) is 0. The highest BCUT2D eigenvalue weighted by molar-refractivity contribution is 7.84. The molecular weight excluding hydrogens is 387 g/mol. The zero-order chi connectivity index (χ0) is 19.4. The number of benzene rings is 3. The molecule has 0 spiro atoms. The molecule has 3 rings (SSSR count). The smallest absolute Gasteiger partial charge is 0.127 e. The monoisotopic (exact) mass is 404 g/mol. The van der Waals surface area contributed by atoms with Crippen LogP contribution in [0, 0.1) is 5.82 Å². The maximum absolute atomic E-state index is 14.4. The van der Waals surface area contributed by atoms with Gasteiger partial charge in [0.05, 0.1) is 33.1 Å². The van der Waals surface area contributed by atoms with E-state index in [1.165, 1.54) is 36.4 Å². The molecule has 140 valence electrons. The highest BCUT2D eigenvalue weighted by atomic mass is 32.2. The summed E-state index contributed by atoms with van der Waals surface area (Å²) in [4.78, 5) is 0.817. The zero-order valence-corrected chi connectivity index (χ0v) is 15.8. The first kappa shape index (κ1) is 19.3. The summed E-state index contributed by atoms with van der Waals surface area (Å²) in [7, 11) is -3.06. The summed E-state index contributed by atoms with van der Waals surface area (Å²) in [5.41, 5.74) is 0.720. The lowest BCUT2D eigenvalue weighted by atomic mass is 10.1. The molecule has 0 aliphatic carbocycles. The molecule has 0 amide bonds. The molecule has 2 unspecified atom stereocenters. The van der Waals surface area contributed by atoms with Gasteiger partial charge in [-0.1, -0.05) is 24.3 Å². The molecule has 0 aliphatic heterocycles. The van der Waals surface area contributed by atoms with Gasteiger partial charge in [-0.15, -0.1) is 0 Å². The SMILES string of the molecule is O=S(Cc1cccc(F)c1CS(=O)c1cccc(O)c1)c1cccc(O)c1. The van der Waals surface area contributed by atoms with E-state index in [0.29, 0.717) is 15.4 Å². The van der Waals surface area contributed by atoms with Crippen LogP contribution in [0.2, 0.25) is 0 Å².